The van der Waals surface area contributed by atoms with E-state index in [9.17, 15) is 19.8 Å². The topological polar surface area (TPSA) is 108 Å². The van der Waals surface area contributed by atoms with Crippen LogP contribution in [0.2, 0.25) is 0 Å². The van der Waals surface area contributed by atoms with Crippen LogP contribution in [0.25, 0.3) is 0 Å². The summed E-state index contributed by atoms with van der Waals surface area (Å²) in [5, 5.41) is 22.8. The highest BCUT2D eigenvalue weighted by atomic mass is 16.6. The third-order valence-electron chi connectivity index (χ3n) is 4.08. The highest BCUT2D eigenvalue weighted by Gasteiger charge is 2.32. The van der Waals surface area contributed by atoms with Crippen LogP contribution in [0.15, 0.2) is 0 Å². The Balaban J connectivity index is 2.26. The molecule has 0 bridgehead atoms. The second-order valence-electron chi connectivity index (χ2n) is 7.29. The van der Waals surface area contributed by atoms with Gasteiger partial charge >= 0.3 is 6.09 Å². The number of aryl methyl sites for hydroxylation is 1. The maximum Gasteiger partial charge on any atom is 0.410 e. The number of amides is 2. The molecule has 1 aromatic rings. The van der Waals surface area contributed by atoms with E-state index < -0.39 is 11.7 Å². The number of ether oxygens (including phenoxy) is 1. The molecule has 1 aromatic heterocycles. The van der Waals surface area contributed by atoms with Crippen LogP contribution in [0.1, 0.15) is 42.5 Å². The van der Waals surface area contributed by atoms with Gasteiger partial charge in [-0.1, -0.05) is 0 Å². The molecule has 26 heavy (non-hydrogen) atoms. The molecule has 9 nitrogen and oxygen atoms in total. The zero-order chi connectivity index (χ0) is 19.5. The number of carbonyl (C=O) groups excluding carboxylic acids is 2. The molecule has 0 atom stereocenters. The predicted octanol–water partition coefficient (Wildman–Crippen LogP) is 0.140. The molecule has 146 valence electrons. The molecule has 0 saturated heterocycles. The van der Waals surface area contributed by atoms with Crippen molar-refractivity contribution >= 4 is 12.0 Å². The van der Waals surface area contributed by atoms with Crippen LogP contribution in [-0.4, -0.2) is 80.2 Å². The lowest BCUT2D eigenvalue weighted by Gasteiger charge is -2.30. The molecule has 0 unspecified atom stereocenters. The predicted molar refractivity (Wildman–Crippen MR) is 93.6 cm³/mol. The molecule has 0 radical (unpaired) electrons. The highest BCUT2D eigenvalue weighted by Crippen LogP contribution is 2.24. The summed E-state index contributed by atoms with van der Waals surface area (Å²) in [6.45, 7) is 5.98. The Labute approximate surface area is 153 Å². The van der Waals surface area contributed by atoms with E-state index in [0.717, 1.165) is 5.69 Å². The summed E-state index contributed by atoms with van der Waals surface area (Å²) in [5.74, 6) is -0.324. The minimum absolute atomic E-state index is 0.120. The van der Waals surface area contributed by atoms with Gasteiger partial charge in [0.2, 0.25) is 0 Å². The molecule has 1 aliphatic rings. The number of aliphatic hydroxyl groups is 2. The Kier molecular flexibility index (Phi) is 6.25. The molecule has 2 heterocycles. The van der Waals surface area contributed by atoms with Crippen molar-refractivity contribution in [1.29, 1.82) is 0 Å². The first-order chi connectivity index (χ1) is 12.2. The molecule has 1 aliphatic heterocycles. The molecule has 2 rings (SSSR count). The highest BCUT2D eigenvalue weighted by molar-refractivity contribution is 5.94. The van der Waals surface area contributed by atoms with Crippen LogP contribution in [0, 0.1) is 0 Å². The van der Waals surface area contributed by atoms with Crippen molar-refractivity contribution in [3.05, 3.63) is 17.0 Å². The number of rotatable bonds is 5. The Hall–Kier alpha value is -2.13. The lowest BCUT2D eigenvalue weighted by Crippen LogP contribution is -2.41. The summed E-state index contributed by atoms with van der Waals surface area (Å²) in [7, 11) is 1.68. The first kappa shape index (κ1) is 20.2. The van der Waals surface area contributed by atoms with Crippen molar-refractivity contribution in [1.82, 2.24) is 19.6 Å². The van der Waals surface area contributed by atoms with Crippen molar-refractivity contribution in [2.75, 3.05) is 32.8 Å². The second kappa shape index (κ2) is 8.05. The van der Waals surface area contributed by atoms with Crippen LogP contribution in [-0.2, 0) is 24.8 Å². The lowest BCUT2D eigenvalue weighted by atomic mass is 10.0. The van der Waals surface area contributed by atoms with Gasteiger partial charge in [-0.3, -0.25) is 9.48 Å². The molecular formula is C17H28N4O5. The third kappa shape index (κ3) is 4.53. The molecule has 0 aromatic carbocycles. The minimum Gasteiger partial charge on any atom is -0.444 e. The fraction of sp³-hybridized carbons (Fsp3) is 0.706. The van der Waals surface area contributed by atoms with Crippen LogP contribution >= 0.6 is 0 Å². The van der Waals surface area contributed by atoms with Gasteiger partial charge in [0.15, 0.2) is 0 Å². The summed E-state index contributed by atoms with van der Waals surface area (Å²) in [4.78, 5) is 28.2. The van der Waals surface area contributed by atoms with Crippen molar-refractivity contribution in [2.24, 2.45) is 7.05 Å². The average molecular weight is 368 g/mol. The molecule has 9 heteroatoms. The monoisotopic (exact) mass is 368 g/mol. The van der Waals surface area contributed by atoms with Crippen LogP contribution in [0.3, 0.4) is 0 Å². The van der Waals surface area contributed by atoms with Gasteiger partial charge in [-0.2, -0.15) is 5.10 Å². The summed E-state index contributed by atoms with van der Waals surface area (Å²) in [5.41, 5.74) is 1.25. The number of hydrogen-bond acceptors (Lipinski definition) is 6. The Bertz CT molecular complexity index is 659. The van der Waals surface area contributed by atoms with Gasteiger partial charge in [-0.15, -0.1) is 0 Å². The molecule has 2 N–H and O–H groups in total. The second-order valence-corrected chi connectivity index (χ2v) is 7.29. The molecule has 0 fully saturated rings. The van der Waals surface area contributed by atoms with Gasteiger partial charge in [0, 0.05) is 38.7 Å². The molecular weight excluding hydrogens is 340 g/mol. The normalized spacial score (nSPS) is 14.2. The van der Waals surface area contributed by atoms with Crippen LogP contribution in [0.4, 0.5) is 4.79 Å². The maximum absolute atomic E-state index is 12.9. The lowest BCUT2D eigenvalue weighted by molar-refractivity contribution is 0.0222. The van der Waals surface area contributed by atoms with Crippen LogP contribution in [0.5, 0.6) is 0 Å². The van der Waals surface area contributed by atoms with Crippen molar-refractivity contribution in [3.8, 4) is 0 Å². The van der Waals surface area contributed by atoms with Gasteiger partial charge in [-0.25, -0.2) is 4.79 Å². The largest absolute Gasteiger partial charge is 0.444 e. The quantitative estimate of drug-likeness (QED) is 0.765. The zero-order valence-corrected chi connectivity index (χ0v) is 15.9. The smallest absolute Gasteiger partial charge is 0.410 e. The molecule has 0 aliphatic carbocycles. The van der Waals surface area contributed by atoms with E-state index in [1.165, 1.54) is 9.58 Å². The number of aliphatic hydroxyl groups excluding tert-OH is 2. The van der Waals surface area contributed by atoms with Crippen molar-refractivity contribution in [3.63, 3.8) is 0 Å². The van der Waals surface area contributed by atoms with Crippen molar-refractivity contribution < 1.29 is 24.5 Å². The summed E-state index contributed by atoms with van der Waals surface area (Å²) >= 11 is 0. The Morgan fingerprint density at radius 2 is 1.85 bits per heavy atom. The van der Waals surface area contributed by atoms with E-state index in [1.807, 2.05) is 0 Å². The van der Waals surface area contributed by atoms with Gasteiger partial charge in [-0.05, 0) is 20.8 Å². The van der Waals surface area contributed by atoms with E-state index in [-0.39, 0.29) is 38.8 Å². The first-order valence-electron chi connectivity index (χ1n) is 8.71. The van der Waals surface area contributed by atoms with Crippen LogP contribution < -0.4 is 0 Å². The van der Waals surface area contributed by atoms with Gasteiger partial charge in [0.05, 0.1) is 25.5 Å². The minimum atomic E-state index is -0.593. The van der Waals surface area contributed by atoms with Gasteiger partial charge in [0.25, 0.3) is 5.91 Å². The summed E-state index contributed by atoms with van der Waals surface area (Å²) in [6, 6.07) is 0. The number of hydrogen-bond donors (Lipinski definition) is 2. The number of fused-ring (bicyclic) bond motifs is 1. The molecule has 0 spiro atoms. The summed E-state index contributed by atoms with van der Waals surface area (Å²) < 4.78 is 6.93. The Morgan fingerprint density at radius 3 is 2.38 bits per heavy atom. The maximum atomic E-state index is 12.9. The fourth-order valence-electron chi connectivity index (χ4n) is 2.96. The van der Waals surface area contributed by atoms with E-state index >= 15 is 0 Å². The van der Waals surface area contributed by atoms with Crippen molar-refractivity contribution in [2.45, 2.75) is 39.3 Å². The van der Waals surface area contributed by atoms with Gasteiger partial charge < -0.3 is 24.7 Å². The standard InChI is InChI=1S/C17H28N4O5/c1-17(2,3)26-16(25)21-6-5-13-12(11-21)14(19(4)18-13)15(24)20(7-9-22)8-10-23/h22-23H,5-11H2,1-4H3. The average Bonchev–Trinajstić information content (AvgIpc) is 2.87. The van der Waals surface area contributed by atoms with E-state index in [4.69, 9.17) is 4.74 Å². The molecule has 0 saturated carbocycles. The van der Waals surface area contributed by atoms with E-state index in [2.05, 4.69) is 5.10 Å². The first-order valence-corrected chi connectivity index (χ1v) is 8.71. The SMILES string of the molecule is Cn1nc2c(c1C(=O)N(CCO)CCO)CN(C(=O)OC(C)(C)C)CC2. The Morgan fingerprint density at radius 1 is 1.23 bits per heavy atom. The fourth-order valence-corrected chi connectivity index (χ4v) is 2.96. The zero-order valence-electron chi connectivity index (χ0n) is 15.9. The third-order valence-corrected chi connectivity index (χ3v) is 4.08. The number of carbonyl (C=O) groups is 2. The molecule has 2 amide bonds. The number of aromatic nitrogens is 2. The summed E-state index contributed by atoms with van der Waals surface area (Å²) in [6.07, 6.45) is 0.114. The van der Waals surface area contributed by atoms with Gasteiger partial charge in [0.1, 0.15) is 11.3 Å². The van der Waals surface area contributed by atoms with E-state index in [1.54, 1.807) is 32.7 Å². The van der Waals surface area contributed by atoms with E-state index in [0.29, 0.717) is 24.2 Å². The number of nitrogens with zero attached hydrogens (tertiary/aromatic N) is 4.